The molecule has 2 N–H and O–H groups in total. The van der Waals surface area contributed by atoms with Crippen LogP contribution in [0.3, 0.4) is 0 Å². The molecule has 0 saturated carbocycles. The molecular weight excluding hydrogens is 496 g/mol. The third-order valence-electron chi connectivity index (χ3n) is 4.69. The van der Waals surface area contributed by atoms with Gasteiger partial charge in [0, 0.05) is 17.8 Å². The highest BCUT2D eigenvalue weighted by atomic mass is 32.2. The molecule has 0 unspecified atom stereocenters. The Balaban J connectivity index is 1.43. The van der Waals surface area contributed by atoms with Gasteiger partial charge in [0.1, 0.15) is 11.3 Å². The van der Waals surface area contributed by atoms with Gasteiger partial charge in [-0.25, -0.2) is 13.4 Å². The number of aromatic nitrogens is 1. The molecule has 4 rings (SSSR count). The Morgan fingerprint density at radius 3 is 2.60 bits per heavy atom. The van der Waals surface area contributed by atoms with Crippen LogP contribution in [0.2, 0.25) is 0 Å². The summed E-state index contributed by atoms with van der Waals surface area (Å²) in [6, 6.07) is 16.3. The number of benzene rings is 3. The Morgan fingerprint density at radius 2 is 1.89 bits per heavy atom. The van der Waals surface area contributed by atoms with Gasteiger partial charge in [-0.05, 0) is 42.5 Å². The number of para-hydroxylation sites is 2. The van der Waals surface area contributed by atoms with E-state index in [1.165, 1.54) is 49.6 Å². The summed E-state index contributed by atoms with van der Waals surface area (Å²) in [5, 5.41) is 13.5. The van der Waals surface area contributed by atoms with Gasteiger partial charge in [0.15, 0.2) is 5.58 Å². The highest BCUT2D eigenvalue weighted by Crippen LogP contribution is 2.29. The lowest BCUT2D eigenvalue weighted by Gasteiger charge is -2.11. The molecule has 13 heteroatoms. The van der Waals surface area contributed by atoms with Crippen molar-refractivity contribution >= 4 is 55.9 Å². The van der Waals surface area contributed by atoms with E-state index in [1.54, 1.807) is 24.3 Å². The summed E-state index contributed by atoms with van der Waals surface area (Å²) in [6.45, 7) is 0. The number of methoxy groups -OCH3 is 1. The number of carbonyl (C=O) groups is 1. The maximum Gasteiger partial charge on any atom is 0.269 e. The first-order chi connectivity index (χ1) is 16.7. The molecule has 1 heterocycles. The van der Waals surface area contributed by atoms with E-state index in [2.05, 4.69) is 15.0 Å². The van der Waals surface area contributed by atoms with Crippen molar-refractivity contribution in [3.05, 3.63) is 76.8 Å². The van der Waals surface area contributed by atoms with Gasteiger partial charge in [-0.3, -0.25) is 19.6 Å². The van der Waals surface area contributed by atoms with Gasteiger partial charge in [0.25, 0.3) is 20.9 Å². The minimum absolute atomic E-state index is 0.0170. The van der Waals surface area contributed by atoms with Crippen LogP contribution in [-0.4, -0.2) is 37.1 Å². The number of fused-ring (bicyclic) bond motifs is 1. The van der Waals surface area contributed by atoms with Crippen LogP contribution >= 0.6 is 11.8 Å². The van der Waals surface area contributed by atoms with Gasteiger partial charge < -0.3 is 14.5 Å². The minimum atomic E-state index is -3.92. The number of anilines is 2. The number of nitro groups is 1. The fraction of sp³-hybridized carbons (Fsp3) is 0.0909. The number of rotatable bonds is 9. The molecule has 0 aliphatic heterocycles. The second-order valence-corrected chi connectivity index (χ2v) is 9.66. The molecule has 0 atom stereocenters. The molecule has 180 valence electrons. The number of thioether (sulfide) groups is 1. The second-order valence-electron chi connectivity index (χ2n) is 7.06. The Hall–Kier alpha value is -4.10. The Bertz CT molecular complexity index is 1500. The predicted molar refractivity (Wildman–Crippen MR) is 130 cm³/mol. The lowest BCUT2D eigenvalue weighted by molar-refractivity contribution is -0.384. The SMILES string of the molecule is COc1ccccc1NS(=O)(=O)c1ccc2oc(SCC(=O)Nc3ccc([N+](=O)[O-])cc3)nc2c1. The average Bonchev–Trinajstić information content (AvgIpc) is 3.25. The first-order valence-electron chi connectivity index (χ1n) is 9.99. The van der Waals surface area contributed by atoms with E-state index in [-0.39, 0.29) is 27.5 Å². The monoisotopic (exact) mass is 514 g/mol. The molecule has 0 aliphatic carbocycles. The average molecular weight is 515 g/mol. The van der Waals surface area contributed by atoms with E-state index in [0.717, 1.165) is 11.8 Å². The third-order valence-corrected chi connectivity index (χ3v) is 6.88. The van der Waals surface area contributed by atoms with Crippen molar-refractivity contribution in [3.8, 4) is 5.75 Å². The molecule has 1 aromatic heterocycles. The molecular formula is C22H18N4O7S2. The number of nitro benzene ring substituents is 1. The van der Waals surface area contributed by atoms with Crippen molar-refractivity contribution in [1.29, 1.82) is 0 Å². The Kier molecular flexibility index (Phi) is 6.89. The van der Waals surface area contributed by atoms with Gasteiger partial charge in [0.05, 0.1) is 28.4 Å². The van der Waals surface area contributed by atoms with Crippen LogP contribution in [0.25, 0.3) is 11.1 Å². The molecule has 0 spiro atoms. The lowest BCUT2D eigenvalue weighted by atomic mass is 10.3. The normalized spacial score (nSPS) is 11.2. The lowest BCUT2D eigenvalue weighted by Crippen LogP contribution is -2.13. The number of amides is 1. The van der Waals surface area contributed by atoms with Crippen LogP contribution in [0.4, 0.5) is 17.1 Å². The number of oxazole rings is 1. The number of non-ortho nitro benzene ring substituents is 1. The van der Waals surface area contributed by atoms with E-state index in [1.807, 2.05) is 0 Å². The summed E-state index contributed by atoms with van der Waals surface area (Å²) >= 11 is 1.02. The fourth-order valence-electron chi connectivity index (χ4n) is 3.04. The van der Waals surface area contributed by atoms with E-state index < -0.39 is 14.9 Å². The molecule has 35 heavy (non-hydrogen) atoms. The van der Waals surface area contributed by atoms with Crippen molar-refractivity contribution in [2.45, 2.75) is 10.1 Å². The largest absolute Gasteiger partial charge is 0.495 e. The molecule has 0 radical (unpaired) electrons. The van der Waals surface area contributed by atoms with Crippen molar-refractivity contribution in [2.24, 2.45) is 0 Å². The predicted octanol–water partition coefficient (Wildman–Crippen LogP) is 4.28. The van der Waals surface area contributed by atoms with Crippen molar-refractivity contribution < 1.29 is 27.3 Å². The first-order valence-corrected chi connectivity index (χ1v) is 12.5. The molecule has 0 bridgehead atoms. The van der Waals surface area contributed by atoms with Crippen LogP contribution in [0.15, 0.2) is 81.3 Å². The summed E-state index contributed by atoms with van der Waals surface area (Å²) < 4.78 is 39.0. The standard InChI is InChI=1S/C22H18N4O7S2/c1-32-19-5-3-2-4-17(19)25-35(30,31)16-10-11-20-18(12-16)24-22(33-20)34-13-21(27)23-14-6-8-15(9-7-14)26(28)29/h2-12,25H,13H2,1H3,(H,23,27). The zero-order valence-corrected chi connectivity index (χ0v) is 19.8. The maximum atomic E-state index is 12.8. The van der Waals surface area contributed by atoms with Crippen molar-refractivity contribution in [3.63, 3.8) is 0 Å². The van der Waals surface area contributed by atoms with Crippen LogP contribution in [-0.2, 0) is 14.8 Å². The van der Waals surface area contributed by atoms with Gasteiger partial charge in [0.2, 0.25) is 5.91 Å². The smallest absolute Gasteiger partial charge is 0.269 e. The van der Waals surface area contributed by atoms with Crippen LogP contribution in [0.1, 0.15) is 0 Å². The highest BCUT2D eigenvalue weighted by molar-refractivity contribution is 7.99. The van der Waals surface area contributed by atoms with Crippen LogP contribution in [0.5, 0.6) is 5.75 Å². The Labute approximate surface area is 203 Å². The number of nitrogens with one attached hydrogen (secondary N) is 2. The molecule has 0 fully saturated rings. The van der Waals surface area contributed by atoms with Crippen molar-refractivity contribution in [2.75, 3.05) is 22.9 Å². The highest BCUT2D eigenvalue weighted by Gasteiger charge is 2.19. The molecule has 0 aliphatic rings. The van der Waals surface area contributed by atoms with E-state index in [4.69, 9.17) is 9.15 Å². The third kappa shape index (κ3) is 5.70. The van der Waals surface area contributed by atoms with Crippen LogP contribution < -0.4 is 14.8 Å². The zero-order valence-electron chi connectivity index (χ0n) is 18.1. The number of sulfonamides is 1. The zero-order chi connectivity index (χ0) is 25.0. The number of ether oxygens (including phenoxy) is 1. The summed E-state index contributed by atoms with van der Waals surface area (Å²) in [5.41, 5.74) is 1.30. The molecule has 0 saturated heterocycles. The number of nitrogens with zero attached hydrogens (tertiary/aromatic N) is 2. The minimum Gasteiger partial charge on any atom is -0.495 e. The van der Waals surface area contributed by atoms with Crippen LogP contribution in [0, 0.1) is 10.1 Å². The molecule has 4 aromatic rings. The van der Waals surface area contributed by atoms with E-state index in [0.29, 0.717) is 28.2 Å². The maximum absolute atomic E-state index is 12.8. The van der Waals surface area contributed by atoms with Gasteiger partial charge >= 0.3 is 0 Å². The van der Waals surface area contributed by atoms with E-state index >= 15 is 0 Å². The van der Waals surface area contributed by atoms with E-state index in [9.17, 15) is 23.3 Å². The summed E-state index contributed by atoms with van der Waals surface area (Å²) in [4.78, 5) is 26.6. The van der Waals surface area contributed by atoms with Gasteiger partial charge in [-0.15, -0.1) is 0 Å². The topological polar surface area (TPSA) is 154 Å². The fourth-order valence-corrected chi connectivity index (χ4v) is 4.77. The summed E-state index contributed by atoms with van der Waals surface area (Å²) in [7, 11) is -2.48. The van der Waals surface area contributed by atoms with Gasteiger partial charge in [-0.1, -0.05) is 23.9 Å². The summed E-state index contributed by atoms with van der Waals surface area (Å²) in [5.74, 6) is -0.0238. The van der Waals surface area contributed by atoms with Gasteiger partial charge in [-0.2, -0.15) is 0 Å². The number of carbonyl (C=O) groups excluding carboxylic acids is 1. The molecule has 3 aromatic carbocycles. The quantitative estimate of drug-likeness (QED) is 0.189. The summed E-state index contributed by atoms with van der Waals surface area (Å²) in [6.07, 6.45) is 0. The molecule has 11 nitrogen and oxygen atoms in total. The number of hydrogen-bond donors (Lipinski definition) is 2. The first kappa shape index (κ1) is 24.0. The number of hydrogen-bond acceptors (Lipinski definition) is 9. The van der Waals surface area contributed by atoms with Crippen molar-refractivity contribution in [1.82, 2.24) is 4.98 Å². The second kappa shape index (κ2) is 10.0. The Morgan fingerprint density at radius 1 is 1.14 bits per heavy atom. The molecule has 1 amide bonds.